The molecule has 16 heavy (non-hydrogen) atoms. The van der Waals surface area contributed by atoms with E-state index in [1.807, 2.05) is 48.5 Å². The summed E-state index contributed by atoms with van der Waals surface area (Å²) in [5.74, 6) is 0. The molecule has 0 fully saturated rings. The number of benzene rings is 2. The molecule has 0 saturated carbocycles. The zero-order chi connectivity index (χ0) is 10.7. The van der Waals surface area contributed by atoms with E-state index in [9.17, 15) is 0 Å². The minimum Gasteiger partial charge on any atom is -0.400 e. The van der Waals surface area contributed by atoms with Crippen molar-refractivity contribution in [3.63, 3.8) is 0 Å². The van der Waals surface area contributed by atoms with Crippen LogP contribution in [0.25, 0.3) is 0 Å². The van der Waals surface area contributed by atoms with Gasteiger partial charge in [-0.3, -0.25) is 0 Å². The number of rotatable bonds is 2. The van der Waals surface area contributed by atoms with E-state index in [1.54, 1.807) is 0 Å². The molecule has 0 aromatic heterocycles. The fraction of sp³-hybridized carbons (Fsp3) is 0. The number of hydrogen-bond donors (Lipinski definition) is 2. The average Bonchev–Trinajstić information content (AvgIpc) is 2.25. The number of nitrogen functional groups attached to an aromatic ring is 2. The summed E-state index contributed by atoms with van der Waals surface area (Å²) in [6.07, 6.45) is 2.08. The standard InChI is InChI=1S/C13H13N2.Y/c14-12-5-1-10(2-6-12)9-11-3-7-13(15)8-4-11;/h1-9H,14-15H2;/q-1;. The van der Waals surface area contributed by atoms with Crippen molar-refractivity contribution in [2.45, 2.75) is 0 Å². The number of hydrogen-bond acceptors (Lipinski definition) is 2. The Labute approximate surface area is 121 Å². The quantitative estimate of drug-likeness (QED) is 0.658. The molecule has 2 nitrogen and oxygen atoms in total. The third-order valence-electron chi connectivity index (χ3n) is 2.21. The van der Waals surface area contributed by atoms with Gasteiger partial charge in [-0.2, -0.15) is 0 Å². The second kappa shape index (κ2) is 5.93. The maximum absolute atomic E-state index is 5.61. The van der Waals surface area contributed by atoms with Crippen molar-refractivity contribution in [2.24, 2.45) is 0 Å². The topological polar surface area (TPSA) is 52.0 Å². The van der Waals surface area contributed by atoms with Crippen molar-refractivity contribution in [1.82, 2.24) is 0 Å². The number of nitrogens with two attached hydrogens (primary N) is 2. The van der Waals surface area contributed by atoms with Crippen molar-refractivity contribution in [3.05, 3.63) is 66.1 Å². The van der Waals surface area contributed by atoms with E-state index in [-0.39, 0.29) is 32.7 Å². The predicted octanol–water partition coefficient (Wildman–Crippen LogP) is 2.45. The summed E-state index contributed by atoms with van der Waals surface area (Å²) in [5, 5.41) is 0. The molecule has 0 atom stereocenters. The summed E-state index contributed by atoms with van der Waals surface area (Å²) in [6, 6.07) is 15.5. The largest absolute Gasteiger partial charge is 0.400 e. The molecular weight excluding hydrogens is 273 g/mol. The van der Waals surface area contributed by atoms with Crippen molar-refractivity contribution >= 4 is 11.4 Å². The Kier molecular flexibility index (Phi) is 4.84. The molecule has 0 saturated heterocycles. The van der Waals surface area contributed by atoms with E-state index >= 15 is 0 Å². The van der Waals surface area contributed by atoms with Crippen LogP contribution in [-0.4, -0.2) is 0 Å². The van der Waals surface area contributed by atoms with Crippen LogP contribution < -0.4 is 11.5 Å². The van der Waals surface area contributed by atoms with Crippen LogP contribution in [-0.2, 0) is 32.7 Å². The first-order chi connectivity index (χ1) is 7.24. The minimum atomic E-state index is 0. The molecule has 2 aromatic carbocycles. The molecule has 2 rings (SSSR count). The van der Waals surface area contributed by atoms with Crippen LogP contribution in [0.2, 0.25) is 0 Å². The smallest absolute Gasteiger partial charge is 0.0163 e. The summed E-state index contributed by atoms with van der Waals surface area (Å²) in [6.45, 7) is 0. The van der Waals surface area contributed by atoms with Gasteiger partial charge in [0.15, 0.2) is 0 Å². The Morgan fingerprint density at radius 3 is 1.25 bits per heavy atom. The summed E-state index contributed by atoms with van der Waals surface area (Å²) in [7, 11) is 0. The van der Waals surface area contributed by atoms with Gasteiger partial charge >= 0.3 is 0 Å². The van der Waals surface area contributed by atoms with Crippen LogP contribution in [0.3, 0.4) is 0 Å². The molecule has 0 aliphatic rings. The van der Waals surface area contributed by atoms with Crippen LogP contribution in [0.4, 0.5) is 11.4 Å². The van der Waals surface area contributed by atoms with Gasteiger partial charge in [0.2, 0.25) is 0 Å². The first-order valence-electron chi connectivity index (χ1n) is 4.80. The van der Waals surface area contributed by atoms with Gasteiger partial charge in [0.25, 0.3) is 0 Å². The van der Waals surface area contributed by atoms with E-state index in [2.05, 4.69) is 6.42 Å². The SMILES string of the molecule is Nc1ccc([CH-]c2ccc(N)cc2)cc1.[Y]. The van der Waals surface area contributed by atoms with Crippen molar-refractivity contribution in [1.29, 1.82) is 0 Å². The summed E-state index contributed by atoms with van der Waals surface area (Å²) in [4.78, 5) is 0. The van der Waals surface area contributed by atoms with Gasteiger partial charge in [-0.25, -0.2) is 0 Å². The molecule has 0 spiro atoms. The molecule has 3 heteroatoms. The molecule has 2 aromatic rings. The van der Waals surface area contributed by atoms with Gasteiger partial charge in [0.05, 0.1) is 0 Å². The fourth-order valence-electron chi connectivity index (χ4n) is 1.38. The Morgan fingerprint density at radius 2 is 0.938 bits per heavy atom. The molecule has 79 valence electrons. The maximum atomic E-state index is 5.61. The van der Waals surface area contributed by atoms with Gasteiger partial charge in [-0.05, 0) is 0 Å². The van der Waals surface area contributed by atoms with Crippen LogP contribution in [0, 0.1) is 6.42 Å². The van der Waals surface area contributed by atoms with Crippen molar-refractivity contribution in [3.8, 4) is 0 Å². The summed E-state index contributed by atoms with van der Waals surface area (Å²) >= 11 is 0. The molecule has 0 bridgehead atoms. The molecular formula is C13H13N2Y-. The second-order valence-corrected chi connectivity index (χ2v) is 3.48. The van der Waals surface area contributed by atoms with E-state index in [4.69, 9.17) is 11.5 Å². The van der Waals surface area contributed by atoms with Crippen LogP contribution in [0.15, 0.2) is 48.5 Å². The van der Waals surface area contributed by atoms with Gasteiger partial charge < -0.3 is 11.5 Å². The van der Waals surface area contributed by atoms with Gasteiger partial charge in [0.1, 0.15) is 0 Å². The summed E-state index contributed by atoms with van der Waals surface area (Å²) in [5.41, 5.74) is 15.0. The Balaban J connectivity index is 0.00000128. The minimum absolute atomic E-state index is 0. The van der Waals surface area contributed by atoms with Crippen LogP contribution in [0.1, 0.15) is 11.1 Å². The maximum Gasteiger partial charge on any atom is 0.0163 e. The molecule has 0 aliphatic heterocycles. The molecule has 0 aliphatic carbocycles. The van der Waals surface area contributed by atoms with Gasteiger partial charge in [-0.15, -0.1) is 41.8 Å². The Hall–Kier alpha value is -0.986. The van der Waals surface area contributed by atoms with Gasteiger partial charge in [-0.1, -0.05) is 24.3 Å². The fourth-order valence-corrected chi connectivity index (χ4v) is 1.38. The van der Waals surface area contributed by atoms with Gasteiger partial charge in [0, 0.05) is 44.1 Å². The second-order valence-electron chi connectivity index (χ2n) is 3.48. The Morgan fingerprint density at radius 1 is 0.625 bits per heavy atom. The third-order valence-corrected chi connectivity index (χ3v) is 2.21. The third kappa shape index (κ3) is 3.55. The number of anilines is 2. The van der Waals surface area contributed by atoms with E-state index < -0.39 is 0 Å². The summed E-state index contributed by atoms with van der Waals surface area (Å²) < 4.78 is 0. The monoisotopic (exact) mass is 286 g/mol. The van der Waals surface area contributed by atoms with E-state index in [0.717, 1.165) is 22.5 Å². The van der Waals surface area contributed by atoms with Crippen molar-refractivity contribution < 1.29 is 32.7 Å². The van der Waals surface area contributed by atoms with E-state index in [1.165, 1.54) is 0 Å². The van der Waals surface area contributed by atoms with Crippen molar-refractivity contribution in [2.75, 3.05) is 11.5 Å². The Bertz CT molecular complexity index is 391. The first-order valence-corrected chi connectivity index (χ1v) is 4.80. The van der Waals surface area contributed by atoms with Crippen LogP contribution in [0.5, 0.6) is 0 Å². The zero-order valence-electron chi connectivity index (χ0n) is 8.93. The zero-order valence-corrected chi connectivity index (χ0v) is 11.8. The molecule has 4 N–H and O–H groups in total. The normalized spacial score (nSPS) is 9.25. The predicted molar refractivity (Wildman–Crippen MR) is 64.2 cm³/mol. The molecule has 0 amide bonds. The molecule has 0 unspecified atom stereocenters. The first kappa shape index (κ1) is 13.1. The molecule has 0 heterocycles. The van der Waals surface area contributed by atoms with Crippen LogP contribution >= 0.6 is 0 Å². The average molecular weight is 286 g/mol. The molecule has 1 radical (unpaired) electrons. The van der Waals surface area contributed by atoms with E-state index in [0.29, 0.717) is 0 Å².